The van der Waals surface area contributed by atoms with Crippen molar-refractivity contribution in [1.29, 1.82) is 0 Å². The Morgan fingerprint density at radius 1 is 1.25 bits per heavy atom. The maximum absolute atomic E-state index is 12.0. The first kappa shape index (κ1) is 12.0. The minimum absolute atomic E-state index is 0.167. The van der Waals surface area contributed by atoms with Gasteiger partial charge >= 0.3 is 104 Å². The van der Waals surface area contributed by atoms with E-state index in [9.17, 15) is 8.42 Å². The average Bonchev–Trinajstić information content (AvgIpc) is 2.66. The Balaban J connectivity index is 2.81. The quantitative estimate of drug-likeness (QED) is 0.759. The van der Waals surface area contributed by atoms with Crippen LogP contribution in [-0.4, -0.2) is 49.7 Å². The predicted octanol–water partition coefficient (Wildman–Crippen LogP) is 0.591. The topological polar surface area (TPSA) is 63.2 Å². The van der Waals surface area contributed by atoms with Crippen LogP contribution in [0.4, 0.5) is 0 Å². The van der Waals surface area contributed by atoms with Gasteiger partial charge in [-0.25, -0.2) is 0 Å². The van der Waals surface area contributed by atoms with Crippen LogP contribution in [0.15, 0.2) is 17.0 Å². The second kappa shape index (κ2) is 4.09. The molecule has 8 heteroatoms. The van der Waals surface area contributed by atoms with Crippen LogP contribution in [-0.2, 0) is 10.0 Å². The number of benzene rings is 1. The monoisotopic (exact) mass is 325 g/mol. The molecule has 0 radical (unpaired) electrons. The standard InChI is InChI=1S/C8H8ClN3O2SSe/c1-12(2)15(13,14)6-4-3-5(9)7-8(6)11-16-10-7/h3-4H,1-2H3. The Hall–Kier alpha value is -0.461. The number of aromatic nitrogens is 2. The second-order valence-corrected chi connectivity index (χ2v) is 6.93. The van der Waals surface area contributed by atoms with Crippen LogP contribution in [0.5, 0.6) is 0 Å². The van der Waals surface area contributed by atoms with Gasteiger partial charge in [0.15, 0.2) is 0 Å². The van der Waals surface area contributed by atoms with Crippen molar-refractivity contribution < 1.29 is 8.42 Å². The summed E-state index contributed by atoms with van der Waals surface area (Å²) in [5.41, 5.74) is 0.880. The Morgan fingerprint density at radius 2 is 1.88 bits per heavy atom. The first-order valence-electron chi connectivity index (χ1n) is 4.28. The molecule has 2 aromatic rings. The summed E-state index contributed by atoms with van der Waals surface area (Å²) in [5.74, 6) is 0. The molecule has 86 valence electrons. The summed E-state index contributed by atoms with van der Waals surface area (Å²) in [4.78, 5) is 0.167. The Kier molecular flexibility index (Phi) is 3.07. The van der Waals surface area contributed by atoms with E-state index in [1.807, 2.05) is 0 Å². The van der Waals surface area contributed by atoms with Crippen molar-refractivity contribution in [3.63, 3.8) is 0 Å². The molecule has 16 heavy (non-hydrogen) atoms. The van der Waals surface area contributed by atoms with Crippen molar-refractivity contribution in [2.24, 2.45) is 0 Å². The fraction of sp³-hybridized carbons (Fsp3) is 0.250. The van der Waals surface area contributed by atoms with E-state index < -0.39 is 10.0 Å². The van der Waals surface area contributed by atoms with E-state index in [1.165, 1.54) is 26.2 Å². The summed E-state index contributed by atoms with van der Waals surface area (Å²) in [7, 11) is -0.529. The molecule has 0 aliphatic rings. The number of hydrogen-bond acceptors (Lipinski definition) is 4. The minimum atomic E-state index is -3.49. The van der Waals surface area contributed by atoms with Crippen LogP contribution in [0, 0.1) is 0 Å². The van der Waals surface area contributed by atoms with Gasteiger partial charge in [0, 0.05) is 0 Å². The summed E-state index contributed by atoms with van der Waals surface area (Å²) in [5, 5.41) is 0.441. The molecule has 0 spiro atoms. The van der Waals surface area contributed by atoms with Crippen LogP contribution >= 0.6 is 11.6 Å². The molecule has 0 saturated heterocycles. The van der Waals surface area contributed by atoms with E-state index in [0.29, 0.717) is 16.1 Å². The molecule has 0 fully saturated rings. The molecule has 0 atom stereocenters. The molecule has 0 unspecified atom stereocenters. The first-order chi connectivity index (χ1) is 7.44. The van der Waals surface area contributed by atoms with E-state index in [2.05, 4.69) is 7.96 Å². The van der Waals surface area contributed by atoms with E-state index >= 15 is 0 Å². The van der Waals surface area contributed by atoms with Crippen molar-refractivity contribution in [3.05, 3.63) is 17.2 Å². The van der Waals surface area contributed by atoms with Crippen molar-refractivity contribution in [3.8, 4) is 0 Å². The van der Waals surface area contributed by atoms with Crippen LogP contribution in [0.3, 0.4) is 0 Å². The predicted molar refractivity (Wildman–Crippen MR) is 62.4 cm³/mol. The van der Waals surface area contributed by atoms with Gasteiger partial charge in [-0.2, -0.15) is 0 Å². The summed E-state index contributed by atoms with van der Waals surface area (Å²) >= 11 is 5.62. The molecule has 2 rings (SSSR count). The molecule has 0 N–H and O–H groups in total. The number of nitrogens with zero attached hydrogens (tertiary/aromatic N) is 3. The molecular formula is C8H8ClN3O2SSe. The normalized spacial score (nSPS) is 12.5. The van der Waals surface area contributed by atoms with Gasteiger partial charge < -0.3 is 0 Å². The Bertz CT molecular complexity index is 638. The molecule has 5 nitrogen and oxygen atoms in total. The SMILES string of the molecule is CN(C)S(=O)(=O)c1ccc(Cl)c2n[se]nc12. The van der Waals surface area contributed by atoms with Gasteiger partial charge in [-0.15, -0.1) is 0 Å². The van der Waals surface area contributed by atoms with E-state index in [1.54, 1.807) is 0 Å². The zero-order valence-corrected chi connectivity index (χ0v) is 11.8. The molecule has 0 aliphatic heterocycles. The molecule has 1 aromatic carbocycles. The van der Waals surface area contributed by atoms with Crippen LogP contribution in [0.2, 0.25) is 5.02 Å². The summed E-state index contributed by atoms with van der Waals surface area (Å²) in [6.07, 6.45) is 0. The van der Waals surface area contributed by atoms with Crippen molar-refractivity contribution >= 4 is 47.6 Å². The number of hydrogen-bond donors (Lipinski definition) is 0. The van der Waals surface area contributed by atoms with Crippen molar-refractivity contribution in [2.75, 3.05) is 14.1 Å². The van der Waals surface area contributed by atoms with Crippen molar-refractivity contribution in [2.45, 2.75) is 4.90 Å². The Morgan fingerprint density at radius 3 is 2.50 bits per heavy atom. The van der Waals surface area contributed by atoms with Crippen molar-refractivity contribution in [1.82, 2.24) is 12.3 Å². The molecule has 0 amide bonds. The molecule has 0 saturated carbocycles. The Labute approximate surface area is 104 Å². The fourth-order valence-corrected chi connectivity index (χ4v) is 3.88. The number of sulfonamides is 1. The maximum atomic E-state index is 12.0. The zero-order valence-electron chi connectivity index (χ0n) is 8.51. The summed E-state index contributed by atoms with van der Waals surface area (Å²) < 4.78 is 33.4. The van der Waals surface area contributed by atoms with E-state index in [-0.39, 0.29) is 19.9 Å². The van der Waals surface area contributed by atoms with Crippen LogP contribution in [0.1, 0.15) is 0 Å². The first-order valence-corrected chi connectivity index (χ1v) is 7.63. The van der Waals surface area contributed by atoms with Gasteiger partial charge in [-0.3, -0.25) is 0 Å². The van der Waals surface area contributed by atoms with Crippen LogP contribution < -0.4 is 0 Å². The number of fused-ring (bicyclic) bond motifs is 1. The zero-order chi connectivity index (χ0) is 11.9. The molecule has 1 heterocycles. The third-order valence-corrected chi connectivity index (χ3v) is 5.35. The fourth-order valence-electron chi connectivity index (χ4n) is 1.22. The molecule has 0 bridgehead atoms. The summed E-state index contributed by atoms with van der Waals surface area (Å²) in [6, 6.07) is 3.01. The molecule has 1 aromatic heterocycles. The van der Waals surface area contributed by atoms with Gasteiger partial charge in [0.2, 0.25) is 0 Å². The van der Waals surface area contributed by atoms with Gasteiger partial charge in [0.25, 0.3) is 0 Å². The molecule has 0 aliphatic carbocycles. The van der Waals surface area contributed by atoms with Crippen LogP contribution in [0.25, 0.3) is 11.0 Å². The van der Waals surface area contributed by atoms with E-state index in [4.69, 9.17) is 11.6 Å². The third kappa shape index (κ3) is 1.78. The summed E-state index contributed by atoms with van der Waals surface area (Å²) in [6.45, 7) is 0. The molecular weight excluding hydrogens is 317 g/mol. The van der Waals surface area contributed by atoms with Gasteiger partial charge in [0.1, 0.15) is 0 Å². The number of halogens is 1. The second-order valence-electron chi connectivity index (χ2n) is 3.29. The van der Waals surface area contributed by atoms with Gasteiger partial charge in [0.05, 0.1) is 0 Å². The average molecular weight is 325 g/mol. The van der Waals surface area contributed by atoms with Gasteiger partial charge in [-0.05, 0) is 0 Å². The van der Waals surface area contributed by atoms with E-state index in [0.717, 1.165) is 4.31 Å². The number of rotatable bonds is 2. The van der Waals surface area contributed by atoms with Gasteiger partial charge in [-0.1, -0.05) is 0 Å². The third-order valence-electron chi connectivity index (χ3n) is 2.09.